The van der Waals surface area contributed by atoms with Gasteiger partial charge in [0.25, 0.3) is 0 Å². The van der Waals surface area contributed by atoms with Crippen LogP contribution in [0, 0.1) is 5.92 Å². The summed E-state index contributed by atoms with van der Waals surface area (Å²) < 4.78 is 23.2. The molecule has 2 unspecified atom stereocenters. The Bertz CT molecular complexity index is 403. The smallest absolute Gasteiger partial charge is 0.308 e. The summed E-state index contributed by atoms with van der Waals surface area (Å²) in [7, 11) is -3.35. The lowest BCUT2D eigenvalue weighted by Crippen LogP contribution is -2.44. The molecule has 2 N–H and O–H groups in total. The van der Waals surface area contributed by atoms with Crippen molar-refractivity contribution in [3.05, 3.63) is 0 Å². The molecule has 0 saturated carbocycles. The number of hydrogen-bond acceptors (Lipinski definition) is 4. The largest absolute Gasteiger partial charge is 0.481 e. The molecule has 0 aromatic rings. The molecule has 0 spiro atoms. The van der Waals surface area contributed by atoms with E-state index in [4.69, 9.17) is 5.11 Å². The van der Waals surface area contributed by atoms with Crippen molar-refractivity contribution in [2.75, 3.05) is 12.3 Å². The molecule has 1 aliphatic heterocycles. The number of carbonyl (C=O) groups excluding carboxylic acids is 1. The average molecular weight is 263 g/mol. The first-order valence-corrected chi connectivity index (χ1v) is 7.28. The fraction of sp³-hybridized carbons (Fsp3) is 0.800. The van der Waals surface area contributed by atoms with E-state index in [0.717, 1.165) is 0 Å². The normalized spacial score (nSPS) is 24.9. The first kappa shape index (κ1) is 14.0. The molecule has 1 saturated heterocycles. The maximum absolute atomic E-state index is 11.7. The van der Waals surface area contributed by atoms with Gasteiger partial charge in [0.15, 0.2) is 9.84 Å². The molecule has 0 radical (unpaired) electrons. The zero-order chi connectivity index (χ0) is 13.1. The summed E-state index contributed by atoms with van der Waals surface area (Å²) in [5.41, 5.74) is 0. The van der Waals surface area contributed by atoms with E-state index in [-0.39, 0.29) is 12.3 Å². The van der Waals surface area contributed by atoms with Gasteiger partial charge in [0.05, 0.1) is 11.7 Å². The molecule has 2 atom stereocenters. The van der Waals surface area contributed by atoms with Crippen LogP contribution < -0.4 is 5.32 Å². The fourth-order valence-corrected chi connectivity index (χ4v) is 3.53. The third kappa shape index (κ3) is 3.69. The van der Waals surface area contributed by atoms with Crippen LogP contribution in [-0.4, -0.2) is 42.9 Å². The molecule has 6 nitrogen and oxygen atoms in total. The van der Waals surface area contributed by atoms with Crippen molar-refractivity contribution in [3.63, 3.8) is 0 Å². The molecule has 7 heteroatoms. The quantitative estimate of drug-likeness (QED) is 0.731. The van der Waals surface area contributed by atoms with Crippen molar-refractivity contribution in [2.45, 2.75) is 31.4 Å². The molecule has 1 amide bonds. The maximum Gasteiger partial charge on any atom is 0.308 e. The Balaban J connectivity index is 2.55. The minimum absolute atomic E-state index is 0.0412. The number of nitrogens with one attached hydrogen (secondary N) is 1. The van der Waals surface area contributed by atoms with Crippen molar-refractivity contribution in [2.24, 2.45) is 5.92 Å². The van der Waals surface area contributed by atoms with Crippen LogP contribution in [0.4, 0.5) is 0 Å². The Hall–Kier alpha value is -1.11. The second-order valence-corrected chi connectivity index (χ2v) is 6.64. The number of aliphatic carboxylic acids is 1. The highest BCUT2D eigenvalue weighted by molar-refractivity contribution is 7.92. The summed E-state index contributed by atoms with van der Waals surface area (Å²) in [4.78, 5) is 22.2. The Morgan fingerprint density at radius 2 is 2.06 bits per heavy atom. The molecule has 0 aromatic heterocycles. The predicted octanol–water partition coefficient (Wildman–Crippen LogP) is -0.209. The Morgan fingerprint density at radius 1 is 1.41 bits per heavy atom. The second kappa shape index (κ2) is 5.48. The van der Waals surface area contributed by atoms with E-state index in [1.54, 1.807) is 0 Å². The third-order valence-electron chi connectivity index (χ3n) is 2.88. The number of amides is 1. The first-order chi connectivity index (χ1) is 7.84. The van der Waals surface area contributed by atoms with E-state index in [0.29, 0.717) is 19.3 Å². The maximum atomic E-state index is 11.7. The lowest BCUT2D eigenvalue weighted by molar-refractivity contribution is -0.141. The van der Waals surface area contributed by atoms with Crippen LogP contribution in [0.15, 0.2) is 0 Å². The highest BCUT2D eigenvalue weighted by Gasteiger charge is 2.34. The number of hydrogen-bond donors (Lipinski definition) is 2. The monoisotopic (exact) mass is 263 g/mol. The summed E-state index contributed by atoms with van der Waals surface area (Å²) in [6, 6.07) is 0. The lowest BCUT2D eigenvalue weighted by Gasteiger charge is -2.21. The summed E-state index contributed by atoms with van der Waals surface area (Å²) in [6.45, 7) is 1.41. The van der Waals surface area contributed by atoms with Crippen molar-refractivity contribution in [3.8, 4) is 0 Å². The molecule has 17 heavy (non-hydrogen) atoms. The van der Waals surface area contributed by atoms with Gasteiger partial charge >= 0.3 is 5.97 Å². The van der Waals surface area contributed by atoms with Crippen LogP contribution in [-0.2, 0) is 19.4 Å². The molecular weight excluding hydrogens is 246 g/mol. The van der Waals surface area contributed by atoms with E-state index in [9.17, 15) is 18.0 Å². The van der Waals surface area contributed by atoms with E-state index >= 15 is 0 Å². The van der Waals surface area contributed by atoms with E-state index in [2.05, 4.69) is 5.32 Å². The summed E-state index contributed by atoms with van der Waals surface area (Å²) in [5, 5.41) is 10.0. The lowest BCUT2D eigenvalue weighted by atomic mass is 10.1. The number of carboxylic acids is 1. The van der Waals surface area contributed by atoms with Crippen LogP contribution >= 0.6 is 0 Å². The molecule has 0 aliphatic carbocycles. The van der Waals surface area contributed by atoms with E-state index in [1.807, 2.05) is 0 Å². The molecule has 1 heterocycles. The van der Waals surface area contributed by atoms with Gasteiger partial charge in [-0.15, -0.1) is 0 Å². The molecule has 1 aliphatic rings. The zero-order valence-corrected chi connectivity index (χ0v) is 10.5. The third-order valence-corrected chi connectivity index (χ3v) is 5.05. The van der Waals surface area contributed by atoms with Gasteiger partial charge in [0.2, 0.25) is 5.91 Å². The Morgan fingerprint density at radius 3 is 2.59 bits per heavy atom. The Kier molecular flexibility index (Phi) is 4.50. The molecule has 1 fully saturated rings. The minimum Gasteiger partial charge on any atom is -0.481 e. The van der Waals surface area contributed by atoms with E-state index < -0.39 is 32.9 Å². The number of rotatable bonds is 4. The van der Waals surface area contributed by atoms with Crippen LogP contribution in [0.25, 0.3) is 0 Å². The number of carbonyl (C=O) groups is 2. The van der Waals surface area contributed by atoms with Crippen molar-refractivity contribution < 1.29 is 23.1 Å². The minimum atomic E-state index is -3.35. The fourth-order valence-electron chi connectivity index (χ4n) is 1.70. The van der Waals surface area contributed by atoms with Gasteiger partial charge in [-0.25, -0.2) is 8.42 Å². The van der Waals surface area contributed by atoms with Gasteiger partial charge in [0.1, 0.15) is 5.25 Å². The summed E-state index contributed by atoms with van der Waals surface area (Å²) in [5.74, 6) is -2.26. The average Bonchev–Trinajstić information content (AvgIpc) is 2.24. The van der Waals surface area contributed by atoms with E-state index in [1.165, 1.54) is 6.92 Å². The molecule has 98 valence electrons. The highest BCUT2D eigenvalue weighted by Crippen LogP contribution is 2.19. The SMILES string of the molecule is CC(CNC(=O)C1CCCCS1(=O)=O)C(=O)O. The van der Waals surface area contributed by atoms with Crippen LogP contribution in [0.1, 0.15) is 26.2 Å². The van der Waals surface area contributed by atoms with Crippen molar-refractivity contribution in [1.29, 1.82) is 0 Å². The Labute approximate surface area is 100 Å². The van der Waals surface area contributed by atoms with Gasteiger partial charge in [-0.1, -0.05) is 13.3 Å². The predicted molar refractivity (Wildman–Crippen MR) is 61.2 cm³/mol. The van der Waals surface area contributed by atoms with Gasteiger partial charge in [-0.05, 0) is 12.8 Å². The highest BCUT2D eigenvalue weighted by atomic mass is 32.2. The van der Waals surface area contributed by atoms with Gasteiger partial charge in [-0.2, -0.15) is 0 Å². The van der Waals surface area contributed by atoms with Gasteiger partial charge in [0, 0.05) is 6.54 Å². The molecular formula is C10H17NO5S. The van der Waals surface area contributed by atoms with Gasteiger partial charge < -0.3 is 10.4 Å². The van der Waals surface area contributed by atoms with Crippen molar-refractivity contribution in [1.82, 2.24) is 5.32 Å². The van der Waals surface area contributed by atoms with Crippen LogP contribution in [0.5, 0.6) is 0 Å². The zero-order valence-electron chi connectivity index (χ0n) is 9.68. The summed E-state index contributed by atoms with van der Waals surface area (Å²) >= 11 is 0. The number of carboxylic acid groups (broad SMARTS) is 1. The molecule has 1 rings (SSSR count). The van der Waals surface area contributed by atoms with Crippen molar-refractivity contribution >= 4 is 21.7 Å². The topological polar surface area (TPSA) is 101 Å². The first-order valence-electron chi connectivity index (χ1n) is 5.56. The number of sulfone groups is 1. The van der Waals surface area contributed by atoms with Gasteiger partial charge in [-0.3, -0.25) is 9.59 Å². The second-order valence-electron chi connectivity index (χ2n) is 4.34. The summed E-state index contributed by atoms with van der Waals surface area (Å²) in [6.07, 6.45) is 1.64. The standard InChI is InChI=1S/C10H17NO5S/c1-7(10(13)14)6-11-9(12)8-4-2-3-5-17(8,15)16/h7-8H,2-6H2,1H3,(H,11,12)(H,13,14). The van der Waals surface area contributed by atoms with Crippen LogP contribution in [0.2, 0.25) is 0 Å². The molecule has 0 bridgehead atoms. The molecule has 0 aromatic carbocycles. The van der Waals surface area contributed by atoms with Crippen LogP contribution in [0.3, 0.4) is 0 Å².